The molecule has 2 nitrogen and oxygen atoms in total. The highest BCUT2D eigenvalue weighted by atomic mass is 19.1. The lowest BCUT2D eigenvalue weighted by atomic mass is 10.0. The number of rotatable bonds is 5. The first-order valence-corrected chi connectivity index (χ1v) is 6.87. The minimum Gasteiger partial charge on any atom is -0.486 e. The third-order valence-electron chi connectivity index (χ3n) is 2.94. The molecule has 1 unspecified atom stereocenters. The van der Waals surface area contributed by atoms with Crippen LogP contribution in [0.4, 0.5) is 4.39 Å². The highest BCUT2D eigenvalue weighted by Gasteiger charge is 2.20. The van der Waals surface area contributed by atoms with E-state index >= 15 is 0 Å². The van der Waals surface area contributed by atoms with Crippen molar-refractivity contribution in [2.45, 2.75) is 53.2 Å². The number of ether oxygens (including phenoxy) is 1. The Labute approximate surface area is 116 Å². The van der Waals surface area contributed by atoms with Gasteiger partial charge in [-0.05, 0) is 51.3 Å². The Hall–Kier alpha value is -1.09. The molecular formula is C16H26FNO. The third-order valence-corrected chi connectivity index (χ3v) is 2.94. The molecule has 1 aromatic carbocycles. The van der Waals surface area contributed by atoms with E-state index in [0.717, 1.165) is 5.56 Å². The van der Waals surface area contributed by atoms with E-state index in [-0.39, 0.29) is 17.5 Å². The minimum absolute atomic E-state index is 0.0294. The van der Waals surface area contributed by atoms with Crippen LogP contribution in [0.5, 0.6) is 5.75 Å². The molecule has 0 amide bonds. The molecular weight excluding hydrogens is 241 g/mol. The second kappa shape index (κ2) is 6.38. The molecule has 19 heavy (non-hydrogen) atoms. The molecule has 0 heterocycles. The first kappa shape index (κ1) is 16.0. The summed E-state index contributed by atoms with van der Waals surface area (Å²) in [6.07, 6.45) is -0.0458. The molecule has 0 spiro atoms. The van der Waals surface area contributed by atoms with Crippen LogP contribution < -0.4 is 10.1 Å². The first-order valence-electron chi connectivity index (χ1n) is 6.87. The van der Waals surface area contributed by atoms with Gasteiger partial charge in [-0.25, -0.2) is 4.39 Å². The zero-order chi connectivity index (χ0) is 14.6. The molecule has 0 aliphatic carbocycles. The number of nitrogens with one attached hydrogen (secondary N) is 1. The molecule has 0 aromatic heterocycles. The van der Waals surface area contributed by atoms with Crippen LogP contribution in [-0.2, 0) is 0 Å². The predicted octanol–water partition coefficient (Wildman–Crippen LogP) is 3.93. The van der Waals surface area contributed by atoms with E-state index in [1.807, 2.05) is 6.92 Å². The number of aryl methyl sites for hydroxylation is 1. The van der Waals surface area contributed by atoms with Gasteiger partial charge in [-0.2, -0.15) is 0 Å². The summed E-state index contributed by atoms with van der Waals surface area (Å²) in [5.74, 6) is 0.358. The van der Waals surface area contributed by atoms with E-state index in [4.69, 9.17) is 4.74 Å². The number of halogens is 1. The Balaban J connectivity index is 2.75. The quantitative estimate of drug-likeness (QED) is 0.873. The van der Waals surface area contributed by atoms with Gasteiger partial charge in [0.05, 0.1) is 0 Å². The van der Waals surface area contributed by atoms with Crippen molar-refractivity contribution in [3.05, 3.63) is 29.6 Å². The van der Waals surface area contributed by atoms with Crippen LogP contribution in [0.2, 0.25) is 0 Å². The molecule has 1 rings (SSSR count). The Kier molecular flexibility index (Phi) is 5.36. The van der Waals surface area contributed by atoms with E-state index in [0.29, 0.717) is 18.2 Å². The summed E-state index contributed by atoms with van der Waals surface area (Å²) in [5, 5.41) is 3.41. The maximum absolute atomic E-state index is 13.7. The van der Waals surface area contributed by atoms with Crippen LogP contribution in [0.1, 0.15) is 40.2 Å². The molecule has 0 bridgehead atoms. The van der Waals surface area contributed by atoms with E-state index in [1.54, 1.807) is 12.1 Å². The Bertz CT molecular complexity index is 410. The normalized spacial score (nSPS) is 13.7. The van der Waals surface area contributed by atoms with Crippen LogP contribution in [-0.4, -0.2) is 18.2 Å². The van der Waals surface area contributed by atoms with Crippen LogP contribution >= 0.6 is 0 Å². The smallest absolute Gasteiger partial charge is 0.165 e. The van der Waals surface area contributed by atoms with Gasteiger partial charge < -0.3 is 10.1 Å². The van der Waals surface area contributed by atoms with Gasteiger partial charge in [0.1, 0.15) is 6.10 Å². The molecule has 0 saturated heterocycles. The number of hydrogen-bond donors (Lipinski definition) is 1. The van der Waals surface area contributed by atoms with Gasteiger partial charge in [-0.15, -0.1) is 0 Å². The zero-order valence-electron chi connectivity index (χ0n) is 12.9. The van der Waals surface area contributed by atoms with Gasteiger partial charge in [-0.3, -0.25) is 0 Å². The standard InChI is InChI=1S/C16H26FNO/c1-11(2)15(10-18-16(4,5)6)19-14-9-12(3)7-8-13(14)17/h7-9,11,15,18H,10H2,1-6H3. The van der Waals surface area contributed by atoms with E-state index in [9.17, 15) is 4.39 Å². The van der Waals surface area contributed by atoms with Crippen molar-refractivity contribution in [2.75, 3.05) is 6.54 Å². The molecule has 0 fully saturated rings. The molecule has 0 saturated carbocycles. The minimum atomic E-state index is -0.299. The molecule has 0 aliphatic heterocycles. The maximum atomic E-state index is 13.7. The fourth-order valence-corrected chi connectivity index (χ4v) is 1.68. The summed E-state index contributed by atoms with van der Waals surface area (Å²) >= 11 is 0. The van der Waals surface area contributed by atoms with E-state index < -0.39 is 0 Å². The highest BCUT2D eigenvalue weighted by Crippen LogP contribution is 2.21. The summed E-state index contributed by atoms with van der Waals surface area (Å²) in [7, 11) is 0. The Morgan fingerprint density at radius 1 is 1.26 bits per heavy atom. The Morgan fingerprint density at radius 2 is 1.89 bits per heavy atom. The van der Waals surface area contributed by atoms with Gasteiger partial charge in [-0.1, -0.05) is 19.9 Å². The van der Waals surface area contributed by atoms with Crippen molar-refractivity contribution >= 4 is 0 Å². The molecule has 3 heteroatoms. The van der Waals surface area contributed by atoms with Crippen LogP contribution in [0, 0.1) is 18.7 Å². The zero-order valence-corrected chi connectivity index (χ0v) is 12.9. The SMILES string of the molecule is Cc1ccc(F)c(OC(CNC(C)(C)C)C(C)C)c1. The van der Waals surface area contributed by atoms with Crippen LogP contribution in [0.3, 0.4) is 0 Å². The lowest BCUT2D eigenvalue weighted by Gasteiger charge is -2.28. The second-order valence-electron chi connectivity index (χ2n) is 6.47. The van der Waals surface area contributed by atoms with Gasteiger partial charge in [0.15, 0.2) is 11.6 Å². The van der Waals surface area contributed by atoms with Gasteiger partial charge >= 0.3 is 0 Å². The second-order valence-corrected chi connectivity index (χ2v) is 6.47. The van der Waals surface area contributed by atoms with Crippen LogP contribution in [0.15, 0.2) is 18.2 Å². The molecule has 0 radical (unpaired) electrons. The van der Waals surface area contributed by atoms with E-state index in [2.05, 4.69) is 39.9 Å². The molecule has 1 aromatic rings. The van der Waals surface area contributed by atoms with Crippen molar-refractivity contribution in [3.8, 4) is 5.75 Å². The largest absolute Gasteiger partial charge is 0.486 e. The number of benzene rings is 1. The van der Waals surface area contributed by atoms with Gasteiger partial charge in [0.25, 0.3) is 0 Å². The lowest BCUT2D eigenvalue weighted by Crippen LogP contribution is -2.44. The fourth-order valence-electron chi connectivity index (χ4n) is 1.68. The average molecular weight is 267 g/mol. The maximum Gasteiger partial charge on any atom is 0.165 e. The third kappa shape index (κ3) is 5.60. The summed E-state index contributed by atoms with van der Waals surface area (Å²) in [6, 6.07) is 4.96. The Morgan fingerprint density at radius 3 is 2.42 bits per heavy atom. The summed E-state index contributed by atoms with van der Waals surface area (Å²) in [5.41, 5.74) is 1.03. The number of hydrogen-bond acceptors (Lipinski definition) is 2. The van der Waals surface area contributed by atoms with Crippen molar-refractivity contribution < 1.29 is 9.13 Å². The highest BCUT2D eigenvalue weighted by molar-refractivity contribution is 5.29. The van der Waals surface area contributed by atoms with E-state index in [1.165, 1.54) is 6.07 Å². The van der Waals surface area contributed by atoms with Crippen LogP contribution in [0.25, 0.3) is 0 Å². The predicted molar refractivity (Wildman–Crippen MR) is 78.1 cm³/mol. The summed E-state index contributed by atoms with van der Waals surface area (Å²) in [6.45, 7) is 13.1. The van der Waals surface area contributed by atoms with Crippen molar-refractivity contribution in [3.63, 3.8) is 0 Å². The van der Waals surface area contributed by atoms with Gasteiger partial charge in [0, 0.05) is 12.1 Å². The first-order chi connectivity index (χ1) is 8.69. The lowest BCUT2D eigenvalue weighted by molar-refractivity contribution is 0.134. The summed E-state index contributed by atoms with van der Waals surface area (Å²) in [4.78, 5) is 0. The topological polar surface area (TPSA) is 21.3 Å². The molecule has 108 valence electrons. The molecule has 0 aliphatic rings. The monoisotopic (exact) mass is 267 g/mol. The molecule has 1 atom stereocenters. The van der Waals surface area contributed by atoms with Crippen molar-refractivity contribution in [1.29, 1.82) is 0 Å². The molecule has 1 N–H and O–H groups in total. The van der Waals surface area contributed by atoms with Crippen molar-refractivity contribution in [2.24, 2.45) is 5.92 Å². The average Bonchev–Trinajstić information content (AvgIpc) is 2.27. The summed E-state index contributed by atoms with van der Waals surface area (Å²) < 4.78 is 19.6. The fraction of sp³-hybridized carbons (Fsp3) is 0.625. The van der Waals surface area contributed by atoms with Crippen molar-refractivity contribution in [1.82, 2.24) is 5.32 Å². The van der Waals surface area contributed by atoms with Gasteiger partial charge in [0.2, 0.25) is 0 Å².